The molecule has 4 rings (SSSR count). The quantitative estimate of drug-likeness (QED) is 0.559. The van der Waals surface area contributed by atoms with Crippen molar-refractivity contribution in [1.29, 1.82) is 0 Å². The molecule has 0 bridgehead atoms. The van der Waals surface area contributed by atoms with E-state index in [1.807, 2.05) is 18.2 Å². The lowest BCUT2D eigenvalue weighted by molar-refractivity contribution is 0.102. The van der Waals surface area contributed by atoms with E-state index in [-0.39, 0.29) is 17.3 Å². The van der Waals surface area contributed by atoms with Gasteiger partial charge in [0.25, 0.3) is 5.91 Å². The molecule has 1 heterocycles. The third-order valence-corrected chi connectivity index (χ3v) is 7.62. The van der Waals surface area contributed by atoms with E-state index in [9.17, 15) is 13.2 Å². The topological polar surface area (TPSA) is 84.9 Å². The second kappa shape index (κ2) is 9.43. The summed E-state index contributed by atoms with van der Waals surface area (Å²) in [6.07, 6.45) is 0.587. The summed E-state index contributed by atoms with van der Waals surface area (Å²) in [6, 6.07) is 16.6. The van der Waals surface area contributed by atoms with Crippen LogP contribution in [-0.4, -0.2) is 39.4 Å². The van der Waals surface area contributed by atoms with E-state index in [4.69, 9.17) is 21.1 Å². The third kappa shape index (κ3) is 4.98. The summed E-state index contributed by atoms with van der Waals surface area (Å²) in [6.45, 7) is 0.601. The molecule has 3 aromatic carbocycles. The highest BCUT2D eigenvalue weighted by Crippen LogP contribution is 2.28. The molecule has 1 N–H and O–H groups in total. The molecule has 0 atom stereocenters. The average molecular weight is 487 g/mol. The zero-order valence-corrected chi connectivity index (χ0v) is 19.7. The third-order valence-electron chi connectivity index (χ3n) is 5.51. The molecule has 0 unspecified atom stereocenters. The Morgan fingerprint density at radius 1 is 0.939 bits per heavy atom. The van der Waals surface area contributed by atoms with Gasteiger partial charge in [0.15, 0.2) is 0 Å². The molecule has 0 fully saturated rings. The predicted octanol–water partition coefficient (Wildman–Crippen LogP) is 4.36. The van der Waals surface area contributed by atoms with E-state index < -0.39 is 10.0 Å². The van der Waals surface area contributed by atoms with Gasteiger partial charge in [-0.05, 0) is 66.1 Å². The molecule has 0 saturated carbocycles. The maximum absolute atomic E-state index is 13.1. The summed E-state index contributed by atoms with van der Waals surface area (Å²) < 4.78 is 38.0. The smallest absolute Gasteiger partial charge is 0.255 e. The first-order chi connectivity index (χ1) is 15.8. The number of anilines is 1. The number of nitrogens with zero attached hydrogens (tertiary/aromatic N) is 1. The molecular formula is C24H23ClN2O5S. The van der Waals surface area contributed by atoms with Crippen molar-refractivity contribution >= 4 is 33.2 Å². The van der Waals surface area contributed by atoms with Gasteiger partial charge in [0.05, 0.1) is 19.1 Å². The van der Waals surface area contributed by atoms with Crippen molar-refractivity contribution in [2.75, 3.05) is 26.1 Å². The minimum Gasteiger partial charge on any atom is -0.497 e. The van der Waals surface area contributed by atoms with Crippen LogP contribution in [0.4, 0.5) is 5.69 Å². The Morgan fingerprint density at radius 2 is 1.61 bits per heavy atom. The minimum absolute atomic E-state index is 0.201. The number of nitrogens with one attached hydrogen (secondary N) is 1. The molecule has 1 aliphatic heterocycles. The van der Waals surface area contributed by atoms with E-state index in [0.717, 1.165) is 11.1 Å². The van der Waals surface area contributed by atoms with Gasteiger partial charge in [-0.1, -0.05) is 17.7 Å². The molecular weight excluding hydrogens is 464 g/mol. The highest BCUT2D eigenvalue weighted by molar-refractivity contribution is 7.89. The first-order valence-corrected chi connectivity index (χ1v) is 12.0. The van der Waals surface area contributed by atoms with Crippen LogP contribution in [-0.2, 0) is 23.0 Å². The molecule has 0 radical (unpaired) electrons. The number of hydrogen-bond donors (Lipinski definition) is 1. The lowest BCUT2D eigenvalue weighted by atomic mass is 10.0. The summed E-state index contributed by atoms with van der Waals surface area (Å²) in [5.74, 6) is 0.689. The summed E-state index contributed by atoms with van der Waals surface area (Å²) in [7, 11) is -0.621. The molecule has 3 aromatic rings. The fraction of sp³-hybridized carbons (Fsp3) is 0.208. The number of carbonyl (C=O) groups is 1. The van der Waals surface area contributed by atoms with Gasteiger partial charge in [-0.2, -0.15) is 4.31 Å². The van der Waals surface area contributed by atoms with Crippen molar-refractivity contribution in [2.45, 2.75) is 17.9 Å². The van der Waals surface area contributed by atoms with Gasteiger partial charge in [-0.25, -0.2) is 8.42 Å². The van der Waals surface area contributed by atoms with Crippen molar-refractivity contribution in [1.82, 2.24) is 4.31 Å². The number of ether oxygens (including phenoxy) is 2. The van der Waals surface area contributed by atoms with Crippen molar-refractivity contribution < 1.29 is 22.7 Å². The Balaban J connectivity index is 1.55. The first kappa shape index (κ1) is 23.1. The van der Waals surface area contributed by atoms with Crippen molar-refractivity contribution in [2.24, 2.45) is 0 Å². The average Bonchev–Trinajstić information content (AvgIpc) is 2.83. The van der Waals surface area contributed by atoms with Gasteiger partial charge in [-0.15, -0.1) is 0 Å². The van der Waals surface area contributed by atoms with Crippen molar-refractivity contribution in [3.05, 3.63) is 82.4 Å². The van der Waals surface area contributed by atoms with Crippen molar-refractivity contribution in [3.8, 4) is 11.5 Å². The van der Waals surface area contributed by atoms with Crippen LogP contribution in [0.15, 0.2) is 65.6 Å². The maximum Gasteiger partial charge on any atom is 0.255 e. The summed E-state index contributed by atoms with van der Waals surface area (Å²) in [4.78, 5) is 13.0. The number of sulfonamides is 1. The number of hydrogen-bond acceptors (Lipinski definition) is 5. The standard InChI is InChI=1S/C24H23ClN2O5S/c1-31-21-12-17(13-22(14-21)32-2)24(28)26-20-6-3-16-9-10-27(15-18(16)11-20)33(29,30)23-7-4-19(25)5-8-23/h3-8,11-14H,9-10,15H2,1-2H3,(H,26,28). The molecule has 9 heteroatoms. The number of amides is 1. The molecule has 0 saturated heterocycles. The summed E-state index contributed by atoms with van der Waals surface area (Å²) >= 11 is 5.89. The minimum atomic E-state index is -3.66. The fourth-order valence-corrected chi connectivity index (χ4v) is 5.26. The van der Waals surface area contributed by atoms with E-state index in [1.54, 1.807) is 30.3 Å². The van der Waals surface area contributed by atoms with E-state index in [1.165, 1.54) is 30.7 Å². The highest BCUT2D eigenvalue weighted by atomic mass is 35.5. The van der Waals surface area contributed by atoms with Crippen LogP contribution in [0.2, 0.25) is 5.02 Å². The Bertz CT molecular complexity index is 1270. The molecule has 0 spiro atoms. The lowest BCUT2D eigenvalue weighted by Crippen LogP contribution is -2.36. The Labute approximate surface area is 197 Å². The van der Waals surface area contributed by atoms with Crippen LogP contribution in [0.25, 0.3) is 0 Å². The van der Waals surface area contributed by atoms with Gasteiger partial charge < -0.3 is 14.8 Å². The van der Waals surface area contributed by atoms with Crippen LogP contribution in [0.3, 0.4) is 0 Å². The largest absolute Gasteiger partial charge is 0.497 e. The van der Waals surface area contributed by atoms with Crippen LogP contribution in [0.5, 0.6) is 11.5 Å². The first-order valence-electron chi connectivity index (χ1n) is 10.2. The predicted molar refractivity (Wildman–Crippen MR) is 127 cm³/mol. The molecule has 1 amide bonds. The number of carbonyl (C=O) groups excluding carboxylic acids is 1. The Hall–Kier alpha value is -3.07. The normalized spacial score (nSPS) is 13.8. The second-order valence-electron chi connectivity index (χ2n) is 7.58. The number of halogens is 1. The van der Waals surface area contributed by atoms with Crippen molar-refractivity contribution in [3.63, 3.8) is 0 Å². The van der Waals surface area contributed by atoms with Gasteiger partial charge in [0.1, 0.15) is 11.5 Å². The second-order valence-corrected chi connectivity index (χ2v) is 9.96. The highest BCUT2D eigenvalue weighted by Gasteiger charge is 2.28. The molecule has 172 valence electrons. The van der Waals surface area contributed by atoms with E-state index in [0.29, 0.717) is 40.7 Å². The molecule has 7 nitrogen and oxygen atoms in total. The molecule has 0 aromatic heterocycles. The van der Waals surface area contributed by atoms with Crippen LogP contribution in [0, 0.1) is 0 Å². The van der Waals surface area contributed by atoms with Gasteiger partial charge in [0.2, 0.25) is 10.0 Å². The number of benzene rings is 3. The summed E-state index contributed by atoms with van der Waals surface area (Å²) in [5.41, 5.74) is 2.86. The van der Waals surface area contributed by atoms with E-state index in [2.05, 4.69) is 5.32 Å². The van der Waals surface area contributed by atoms with E-state index >= 15 is 0 Å². The summed E-state index contributed by atoms with van der Waals surface area (Å²) in [5, 5.41) is 3.35. The Kier molecular flexibility index (Phi) is 6.60. The monoisotopic (exact) mass is 486 g/mol. The molecule has 1 aliphatic rings. The lowest BCUT2D eigenvalue weighted by Gasteiger charge is -2.28. The maximum atomic E-state index is 13.1. The van der Waals surface area contributed by atoms with Gasteiger partial charge in [-0.3, -0.25) is 4.79 Å². The zero-order chi connectivity index (χ0) is 23.6. The SMILES string of the molecule is COc1cc(OC)cc(C(=O)Nc2ccc3c(c2)CN(S(=O)(=O)c2ccc(Cl)cc2)CC3)c1. The number of fused-ring (bicyclic) bond motifs is 1. The van der Waals surface area contributed by atoms with Crippen LogP contribution >= 0.6 is 11.6 Å². The fourth-order valence-electron chi connectivity index (χ4n) is 3.71. The molecule has 33 heavy (non-hydrogen) atoms. The van der Waals surface area contributed by atoms with Crippen LogP contribution in [0.1, 0.15) is 21.5 Å². The Morgan fingerprint density at radius 3 is 2.24 bits per heavy atom. The zero-order valence-electron chi connectivity index (χ0n) is 18.2. The van der Waals surface area contributed by atoms with Gasteiger partial charge >= 0.3 is 0 Å². The number of rotatable bonds is 6. The number of methoxy groups -OCH3 is 2. The van der Waals surface area contributed by atoms with Crippen LogP contribution < -0.4 is 14.8 Å². The molecule has 0 aliphatic carbocycles. The van der Waals surface area contributed by atoms with Gasteiger partial charge in [0, 0.05) is 35.4 Å².